The van der Waals surface area contributed by atoms with Crippen molar-refractivity contribution in [2.75, 3.05) is 25.6 Å². The average molecular weight is 334 g/mol. The number of anilines is 1. The van der Waals surface area contributed by atoms with Crippen molar-refractivity contribution in [3.8, 4) is 17.2 Å². The average Bonchev–Trinajstić information content (AvgIpc) is 2.79. The summed E-state index contributed by atoms with van der Waals surface area (Å²) in [6, 6.07) is 10.2. The Morgan fingerprint density at radius 3 is 2.70 bits per heavy atom. The van der Waals surface area contributed by atoms with Crippen molar-refractivity contribution < 1.29 is 19.0 Å². The molecule has 1 N–H and O–H groups in total. The molecule has 1 aliphatic heterocycles. The minimum atomic E-state index is -0.307. The fourth-order valence-electron chi connectivity index (χ4n) is 2.30. The lowest BCUT2D eigenvalue weighted by Gasteiger charge is -2.12. The number of halogens is 1. The largest absolute Gasteiger partial charge is 0.496 e. The topological polar surface area (TPSA) is 56.8 Å². The van der Waals surface area contributed by atoms with E-state index in [1.165, 1.54) is 7.11 Å². The van der Waals surface area contributed by atoms with Crippen molar-refractivity contribution in [2.24, 2.45) is 0 Å². The first-order chi connectivity index (χ1) is 11.2. The van der Waals surface area contributed by atoms with Gasteiger partial charge in [0.2, 0.25) is 0 Å². The maximum absolute atomic E-state index is 12.5. The Morgan fingerprint density at radius 1 is 1.13 bits per heavy atom. The molecule has 1 heterocycles. The molecule has 0 saturated carbocycles. The van der Waals surface area contributed by atoms with Gasteiger partial charge >= 0.3 is 0 Å². The normalized spacial score (nSPS) is 13.1. The van der Waals surface area contributed by atoms with Crippen LogP contribution in [0.4, 0.5) is 5.69 Å². The molecule has 6 heteroatoms. The number of benzene rings is 2. The standard InChI is InChI=1S/C17H16ClNO4/c1-21-14-5-3-11(18)9-13(14)17(20)19-12-4-6-15-16(10-12)23-8-2-7-22-15/h3-6,9-10H,2,7-8H2,1H3,(H,19,20). The summed E-state index contributed by atoms with van der Waals surface area (Å²) in [4.78, 5) is 12.5. The number of carbonyl (C=O) groups excluding carboxylic acids is 1. The van der Waals surface area contributed by atoms with Gasteiger partial charge in [0.25, 0.3) is 5.91 Å². The SMILES string of the molecule is COc1ccc(Cl)cc1C(=O)Nc1ccc2c(c1)OCCCO2. The Kier molecular flexibility index (Phi) is 4.57. The molecule has 0 aliphatic carbocycles. The Morgan fingerprint density at radius 2 is 1.91 bits per heavy atom. The first kappa shape index (κ1) is 15.5. The summed E-state index contributed by atoms with van der Waals surface area (Å²) in [5.41, 5.74) is 0.980. The molecule has 0 radical (unpaired) electrons. The molecule has 0 aromatic heterocycles. The highest BCUT2D eigenvalue weighted by molar-refractivity contribution is 6.31. The second-order valence-electron chi connectivity index (χ2n) is 5.01. The zero-order valence-corrected chi connectivity index (χ0v) is 13.4. The van der Waals surface area contributed by atoms with Crippen molar-refractivity contribution >= 4 is 23.2 Å². The number of methoxy groups -OCH3 is 1. The Hall–Kier alpha value is -2.40. The number of hydrogen-bond donors (Lipinski definition) is 1. The van der Waals surface area contributed by atoms with E-state index in [1.54, 1.807) is 36.4 Å². The van der Waals surface area contributed by atoms with E-state index in [1.807, 2.05) is 0 Å². The number of carbonyl (C=O) groups is 1. The van der Waals surface area contributed by atoms with Crippen molar-refractivity contribution in [3.63, 3.8) is 0 Å². The predicted octanol–water partition coefficient (Wildman–Crippen LogP) is 3.76. The van der Waals surface area contributed by atoms with Crippen LogP contribution in [0.5, 0.6) is 17.2 Å². The molecule has 0 spiro atoms. The van der Waals surface area contributed by atoms with E-state index < -0.39 is 0 Å². The van der Waals surface area contributed by atoms with Crippen molar-refractivity contribution in [1.29, 1.82) is 0 Å². The van der Waals surface area contributed by atoms with Crippen molar-refractivity contribution in [3.05, 3.63) is 47.0 Å². The first-order valence-corrected chi connectivity index (χ1v) is 7.60. The van der Waals surface area contributed by atoms with E-state index in [0.29, 0.717) is 46.7 Å². The molecule has 120 valence electrons. The van der Waals surface area contributed by atoms with Gasteiger partial charge in [0, 0.05) is 23.2 Å². The van der Waals surface area contributed by atoms with Crippen LogP contribution in [0, 0.1) is 0 Å². The number of fused-ring (bicyclic) bond motifs is 1. The first-order valence-electron chi connectivity index (χ1n) is 7.22. The summed E-state index contributed by atoms with van der Waals surface area (Å²) < 4.78 is 16.4. The van der Waals surface area contributed by atoms with Crippen molar-refractivity contribution in [2.45, 2.75) is 6.42 Å². The van der Waals surface area contributed by atoms with Gasteiger partial charge in [0.05, 0.1) is 25.9 Å². The van der Waals surface area contributed by atoms with Gasteiger partial charge in [-0.25, -0.2) is 0 Å². The van der Waals surface area contributed by atoms with E-state index in [2.05, 4.69) is 5.32 Å². The molecule has 0 unspecified atom stereocenters. The van der Waals surface area contributed by atoms with Crippen LogP contribution in [-0.2, 0) is 0 Å². The monoisotopic (exact) mass is 333 g/mol. The molecule has 0 saturated heterocycles. The molecule has 1 amide bonds. The second-order valence-corrected chi connectivity index (χ2v) is 5.45. The van der Waals surface area contributed by atoms with Crippen LogP contribution in [0.25, 0.3) is 0 Å². The lowest BCUT2D eigenvalue weighted by Crippen LogP contribution is -2.13. The molecule has 0 bridgehead atoms. The van der Waals surface area contributed by atoms with Gasteiger partial charge in [0.15, 0.2) is 11.5 Å². The van der Waals surface area contributed by atoms with Crippen molar-refractivity contribution in [1.82, 2.24) is 0 Å². The summed E-state index contributed by atoms with van der Waals surface area (Å²) in [5.74, 6) is 1.46. The summed E-state index contributed by atoms with van der Waals surface area (Å²) in [6.07, 6.45) is 0.829. The zero-order chi connectivity index (χ0) is 16.2. The number of rotatable bonds is 3. The number of nitrogens with one attached hydrogen (secondary N) is 1. The summed E-state index contributed by atoms with van der Waals surface area (Å²) in [7, 11) is 1.51. The quantitative estimate of drug-likeness (QED) is 0.929. The molecule has 23 heavy (non-hydrogen) atoms. The molecule has 1 aliphatic rings. The molecular formula is C17H16ClNO4. The van der Waals surface area contributed by atoms with Gasteiger partial charge in [-0.1, -0.05) is 11.6 Å². The zero-order valence-electron chi connectivity index (χ0n) is 12.6. The third-order valence-electron chi connectivity index (χ3n) is 3.41. The minimum Gasteiger partial charge on any atom is -0.496 e. The summed E-state index contributed by atoms with van der Waals surface area (Å²) in [5, 5.41) is 3.28. The lowest BCUT2D eigenvalue weighted by atomic mass is 10.1. The van der Waals surface area contributed by atoms with Crippen LogP contribution in [0.2, 0.25) is 5.02 Å². The number of hydrogen-bond acceptors (Lipinski definition) is 4. The Balaban J connectivity index is 1.83. The highest BCUT2D eigenvalue weighted by Gasteiger charge is 2.15. The van der Waals surface area contributed by atoms with Gasteiger partial charge < -0.3 is 19.5 Å². The second kappa shape index (κ2) is 6.79. The highest BCUT2D eigenvalue weighted by Crippen LogP contribution is 2.32. The van der Waals surface area contributed by atoms with E-state index in [-0.39, 0.29) is 5.91 Å². The Bertz CT molecular complexity index is 733. The molecular weight excluding hydrogens is 318 g/mol. The predicted molar refractivity (Wildman–Crippen MR) is 88.0 cm³/mol. The van der Waals surface area contributed by atoms with Crippen LogP contribution in [0.3, 0.4) is 0 Å². The lowest BCUT2D eigenvalue weighted by molar-refractivity contribution is 0.102. The fourth-order valence-corrected chi connectivity index (χ4v) is 2.47. The minimum absolute atomic E-state index is 0.307. The molecule has 0 atom stereocenters. The number of amides is 1. The molecule has 0 fully saturated rings. The molecule has 3 rings (SSSR count). The third-order valence-corrected chi connectivity index (χ3v) is 3.65. The van der Waals surface area contributed by atoms with Gasteiger partial charge in [0.1, 0.15) is 5.75 Å². The van der Waals surface area contributed by atoms with E-state index in [9.17, 15) is 4.79 Å². The summed E-state index contributed by atoms with van der Waals surface area (Å²) >= 11 is 5.96. The van der Waals surface area contributed by atoms with Crippen LogP contribution >= 0.6 is 11.6 Å². The molecule has 5 nitrogen and oxygen atoms in total. The van der Waals surface area contributed by atoms with E-state index >= 15 is 0 Å². The van der Waals surface area contributed by atoms with Gasteiger partial charge in [-0.15, -0.1) is 0 Å². The maximum atomic E-state index is 12.5. The van der Waals surface area contributed by atoms with E-state index in [4.69, 9.17) is 25.8 Å². The van der Waals surface area contributed by atoms with Gasteiger partial charge in [-0.05, 0) is 30.3 Å². The highest BCUT2D eigenvalue weighted by atomic mass is 35.5. The van der Waals surface area contributed by atoms with Gasteiger partial charge in [-0.3, -0.25) is 4.79 Å². The molecule has 2 aromatic rings. The van der Waals surface area contributed by atoms with Crippen LogP contribution < -0.4 is 19.5 Å². The smallest absolute Gasteiger partial charge is 0.259 e. The number of ether oxygens (including phenoxy) is 3. The van der Waals surface area contributed by atoms with Crippen LogP contribution in [0.15, 0.2) is 36.4 Å². The fraction of sp³-hybridized carbons (Fsp3) is 0.235. The van der Waals surface area contributed by atoms with Crippen LogP contribution in [-0.4, -0.2) is 26.2 Å². The Labute approximate surface area is 139 Å². The van der Waals surface area contributed by atoms with Crippen LogP contribution in [0.1, 0.15) is 16.8 Å². The molecule has 2 aromatic carbocycles. The maximum Gasteiger partial charge on any atom is 0.259 e. The third kappa shape index (κ3) is 3.51. The summed E-state index contributed by atoms with van der Waals surface area (Å²) in [6.45, 7) is 1.21. The van der Waals surface area contributed by atoms with E-state index in [0.717, 1.165) is 6.42 Å². The van der Waals surface area contributed by atoms with Gasteiger partial charge in [-0.2, -0.15) is 0 Å².